The van der Waals surface area contributed by atoms with Crippen LogP contribution in [-0.4, -0.2) is 24.0 Å². The summed E-state index contributed by atoms with van der Waals surface area (Å²) in [5.41, 5.74) is 7.82. The van der Waals surface area contributed by atoms with Gasteiger partial charge in [-0.2, -0.15) is 0 Å². The summed E-state index contributed by atoms with van der Waals surface area (Å²) in [5, 5.41) is 0. The summed E-state index contributed by atoms with van der Waals surface area (Å²) >= 11 is 0. The lowest BCUT2D eigenvalue weighted by atomic mass is 10.2. The highest BCUT2D eigenvalue weighted by Crippen LogP contribution is 2.19. The summed E-state index contributed by atoms with van der Waals surface area (Å²) in [6.07, 6.45) is 0. The Morgan fingerprint density at radius 2 is 1.89 bits per heavy atom. The molecule has 0 spiro atoms. The van der Waals surface area contributed by atoms with Crippen LogP contribution in [-0.2, 0) is 13.1 Å². The topological polar surface area (TPSA) is 51.4 Å². The van der Waals surface area contributed by atoms with Crippen molar-refractivity contribution >= 4 is 5.82 Å². The molecule has 4 heteroatoms. The van der Waals surface area contributed by atoms with E-state index < -0.39 is 0 Å². The number of nitrogens with zero attached hydrogens (tertiary/aromatic N) is 2. The second-order valence-corrected chi connectivity index (χ2v) is 4.54. The molecule has 0 fully saturated rings. The minimum atomic E-state index is 0.559. The molecule has 0 unspecified atom stereocenters. The van der Waals surface area contributed by atoms with Crippen LogP contribution in [0.15, 0.2) is 42.5 Å². The molecule has 0 saturated carbocycles. The van der Waals surface area contributed by atoms with Crippen LogP contribution in [0.4, 0.5) is 5.82 Å². The number of hydrogen-bond acceptors (Lipinski definition) is 4. The Balaban J connectivity index is 2.03. The summed E-state index contributed by atoms with van der Waals surface area (Å²) in [4.78, 5) is 6.48. The number of methoxy groups -OCH3 is 1. The first-order valence-electron chi connectivity index (χ1n) is 6.21. The van der Waals surface area contributed by atoms with Crippen molar-refractivity contribution in [3.05, 3.63) is 53.7 Å². The number of rotatable bonds is 5. The van der Waals surface area contributed by atoms with Crippen molar-refractivity contribution in [3.63, 3.8) is 0 Å². The van der Waals surface area contributed by atoms with Gasteiger partial charge in [0.1, 0.15) is 11.6 Å². The van der Waals surface area contributed by atoms with Gasteiger partial charge < -0.3 is 10.5 Å². The normalized spacial score (nSPS) is 10.7. The molecule has 2 rings (SSSR count). The van der Waals surface area contributed by atoms with Crippen LogP contribution in [0.2, 0.25) is 0 Å². The van der Waals surface area contributed by atoms with Gasteiger partial charge in [0.15, 0.2) is 0 Å². The molecule has 100 valence electrons. The minimum Gasteiger partial charge on any atom is -0.496 e. The summed E-state index contributed by atoms with van der Waals surface area (Å²) in [7, 11) is 3.75. The zero-order valence-electron chi connectivity index (χ0n) is 11.3. The molecule has 0 radical (unpaired) electrons. The lowest BCUT2D eigenvalue weighted by Gasteiger charge is -2.18. The molecule has 0 atom stereocenters. The smallest absolute Gasteiger partial charge is 0.123 e. The van der Waals surface area contributed by atoms with E-state index in [4.69, 9.17) is 10.5 Å². The molecular weight excluding hydrogens is 238 g/mol. The third kappa shape index (κ3) is 3.69. The van der Waals surface area contributed by atoms with E-state index in [1.54, 1.807) is 13.2 Å². The number of benzene rings is 1. The molecule has 0 amide bonds. The minimum absolute atomic E-state index is 0.559. The molecule has 0 aliphatic rings. The summed E-state index contributed by atoms with van der Waals surface area (Å²) in [6.45, 7) is 1.56. The Morgan fingerprint density at radius 3 is 2.63 bits per heavy atom. The Kier molecular flexibility index (Phi) is 4.36. The van der Waals surface area contributed by atoms with Gasteiger partial charge in [-0.25, -0.2) is 4.98 Å². The Morgan fingerprint density at radius 1 is 1.11 bits per heavy atom. The first-order chi connectivity index (χ1) is 9.19. The van der Waals surface area contributed by atoms with E-state index in [1.165, 1.54) is 0 Å². The fourth-order valence-corrected chi connectivity index (χ4v) is 2.04. The van der Waals surface area contributed by atoms with Gasteiger partial charge in [0, 0.05) is 18.7 Å². The number of nitrogens with two attached hydrogens (primary N) is 1. The standard InChI is InChI=1S/C15H19N3O/c1-18(11-13-7-5-9-15(16)17-13)10-12-6-3-4-8-14(12)19-2/h3-9H,10-11H2,1-2H3,(H2,16,17). The number of hydrogen-bond donors (Lipinski definition) is 1. The summed E-state index contributed by atoms with van der Waals surface area (Å²) in [6, 6.07) is 13.7. The molecular formula is C15H19N3O. The number of para-hydroxylation sites is 1. The Labute approximate surface area is 113 Å². The van der Waals surface area contributed by atoms with E-state index in [0.717, 1.165) is 30.1 Å². The second-order valence-electron chi connectivity index (χ2n) is 4.54. The van der Waals surface area contributed by atoms with Gasteiger partial charge in [0.25, 0.3) is 0 Å². The number of anilines is 1. The highest BCUT2D eigenvalue weighted by molar-refractivity contribution is 5.33. The SMILES string of the molecule is COc1ccccc1CN(C)Cc1cccc(N)n1. The monoisotopic (exact) mass is 257 g/mol. The van der Waals surface area contributed by atoms with Crippen molar-refractivity contribution in [2.24, 2.45) is 0 Å². The number of aromatic nitrogens is 1. The van der Waals surface area contributed by atoms with Crippen molar-refractivity contribution in [3.8, 4) is 5.75 Å². The predicted octanol–water partition coefficient (Wildman–Crippen LogP) is 2.30. The van der Waals surface area contributed by atoms with Crippen molar-refractivity contribution in [2.45, 2.75) is 13.1 Å². The fourth-order valence-electron chi connectivity index (χ4n) is 2.04. The molecule has 2 aromatic rings. The first-order valence-corrected chi connectivity index (χ1v) is 6.21. The molecule has 0 aliphatic carbocycles. The molecule has 0 aliphatic heterocycles. The van der Waals surface area contributed by atoms with Gasteiger partial charge in [-0.05, 0) is 25.2 Å². The molecule has 0 saturated heterocycles. The Hall–Kier alpha value is -2.07. The van der Waals surface area contributed by atoms with Gasteiger partial charge in [0.2, 0.25) is 0 Å². The number of nitrogen functional groups attached to an aromatic ring is 1. The number of ether oxygens (including phenoxy) is 1. The molecule has 4 nitrogen and oxygen atoms in total. The number of pyridine rings is 1. The maximum atomic E-state index is 5.68. The van der Waals surface area contributed by atoms with Gasteiger partial charge in [-0.1, -0.05) is 24.3 Å². The van der Waals surface area contributed by atoms with Gasteiger partial charge in [-0.15, -0.1) is 0 Å². The van der Waals surface area contributed by atoms with Gasteiger partial charge >= 0.3 is 0 Å². The second kappa shape index (κ2) is 6.20. The third-order valence-corrected chi connectivity index (χ3v) is 2.89. The van der Waals surface area contributed by atoms with Crippen LogP contribution < -0.4 is 10.5 Å². The van der Waals surface area contributed by atoms with E-state index in [-0.39, 0.29) is 0 Å². The Bertz CT molecular complexity index is 542. The van der Waals surface area contributed by atoms with Crippen molar-refractivity contribution < 1.29 is 4.74 Å². The highest BCUT2D eigenvalue weighted by atomic mass is 16.5. The van der Waals surface area contributed by atoms with Crippen LogP contribution in [0, 0.1) is 0 Å². The van der Waals surface area contributed by atoms with Crippen molar-refractivity contribution in [1.29, 1.82) is 0 Å². The van der Waals surface area contributed by atoms with Crippen LogP contribution >= 0.6 is 0 Å². The molecule has 1 heterocycles. The van der Waals surface area contributed by atoms with Gasteiger partial charge in [-0.3, -0.25) is 4.90 Å². The first kappa shape index (κ1) is 13.4. The van der Waals surface area contributed by atoms with Crippen LogP contribution in [0.1, 0.15) is 11.3 Å². The molecule has 2 N–H and O–H groups in total. The quantitative estimate of drug-likeness (QED) is 0.893. The average molecular weight is 257 g/mol. The summed E-state index contributed by atoms with van der Waals surface area (Å²) in [5.74, 6) is 1.47. The van der Waals surface area contributed by atoms with Crippen molar-refractivity contribution in [2.75, 3.05) is 19.9 Å². The van der Waals surface area contributed by atoms with Crippen LogP contribution in [0.3, 0.4) is 0 Å². The lowest BCUT2D eigenvalue weighted by Crippen LogP contribution is -2.18. The predicted molar refractivity (Wildman–Crippen MR) is 76.8 cm³/mol. The zero-order chi connectivity index (χ0) is 13.7. The highest BCUT2D eigenvalue weighted by Gasteiger charge is 2.07. The molecule has 19 heavy (non-hydrogen) atoms. The largest absolute Gasteiger partial charge is 0.496 e. The van der Waals surface area contributed by atoms with Crippen LogP contribution in [0.25, 0.3) is 0 Å². The molecule has 1 aromatic carbocycles. The molecule has 0 bridgehead atoms. The van der Waals surface area contributed by atoms with Gasteiger partial charge in [0.05, 0.1) is 12.8 Å². The lowest BCUT2D eigenvalue weighted by molar-refractivity contribution is 0.307. The maximum Gasteiger partial charge on any atom is 0.123 e. The van der Waals surface area contributed by atoms with E-state index >= 15 is 0 Å². The van der Waals surface area contributed by atoms with E-state index in [0.29, 0.717) is 5.82 Å². The van der Waals surface area contributed by atoms with Crippen molar-refractivity contribution in [1.82, 2.24) is 9.88 Å². The third-order valence-electron chi connectivity index (χ3n) is 2.89. The zero-order valence-corrected chi connectivity index (χ0v) is 11.3. The summed E-state index contributed by atoms with van der Waals surface area (Å²) < 4.78 is 5.35. The van der Waals surface area contributed by atoms with E-state index in [1.807, 2.05) is 30.3 Å². The molecule has 1 aromatic heterocycles. The van der Waals surface area contributed by atoms with E-state index in [2.05, 4.69) is 23.0 Å². The van der Waals surface area contributed by atoms with Crippen LogP contribution in [0.5, 0.6) is 5.75 Å². The van der Waals surface area contributed by atoms with E-state index in [9.17, 15) is 0 Å². The maximum absolute atomic E-state index is 5.68. The average Bonchev–Trinajstić information content (AvgIpc) is 2.39. The fraction of sp³-hybridized carbons (Fsp3) is 0.267.